The van der Waals surface area contributed by atoms with Crippen LogP contribution >= 0.6 is 0 Å². The van der Waals surface area contributed by atoms with E-state index in [4.69, 9.17) is 5.73 Å². The summed E-state index contributed by atoms with van der Waals surface area (Å²) in [5, 5.41) is 3.18. The molecule has 3 N–H and O–H groups in total. The highest BCUT2D eigenvalue weighted by atomic mass is 15.1. The van der Waals surface area contributed by atoms with Crippen LogP contribution in [0.15, 0.2) is 59.6 Å². The van der Waals surface area contributed by atoms with E-state index in [-0.39, 0.29) is 0 Å². The molecular formula is C19H23N3. The van der Waals surface area contributed by atoms with Crippen LogP contribution in [0.25, 0.3) is 0 Å². The van der Waals surface area contributed by atoms with Gasteiger partial charge in [0.1, 0.15) is 0 Å². The molecule has 2 unspecified atom stereocenters. The second-order valence-electron chi connectivity index (χ2n) is 5.92. The first-order valence-electron chi connectivity index (χ1n) is 7.97. The van der Waals surface area contributed by atoms with Crippen LogP contribution in [-0.4, -0.2) is 12.5 Å². The molecule has 0 saturated heterocycles. The molecule has 3 nitrogen and oxygen atoms in total. The number of hydrogen-bond donors (Lipinski definition) is 2. The summed E-state index contributed by atoms with van der Waals surface area (Å²) in [6.45, 7) is 2.94. The Balaban J connectivity index is 1.53. The molecule has 2 atom stereocenters. The lowest BCUT2D eigenvalue weighted by molar-refractivity contribution is 0.809. The molecular weight excluding hydrogens is 270 g/mol. The van der Waals surface area contributed by atoms with Gasteiger partial charge in [0, 0.05) is 12.2 Å². The Labute approximate surface area is 132 Å². The number of benzene rings is 2. The van der Waals surface area contributed by atoms with Crippen molar-refractivity contribution in [2.75, 3.05) is 11.9 Å². The topological polar surface area (TPSA) is 50.4 Å². The number of guanidine groups is 1. The second kappa shape index (κ2) is 6.65. The fraction of sp³-hybridized carbons (Fsp3) is 0.316. The third-order valence-corrected chi connectivity index (χ3v) is 4.25. The van der Waals surface area contributed by atoms with Crippen LogP contribution in [-0.2, 0) is 6.42 Å². The Morgan fingerprint density at radius 1 is 1.18 bits per heavy atom. The lowest BCUT2D eigenvalue weighted by atomic mass is 10.1. The van der Waals surface area contributed by atoms with Crippen LogP contribution in [0.2, 0.25) is 0 Å². The van der Waals surface area contributed by atoms with Gasteiger partial charge in [0.2, 0.25) is 0 Å². The minimum atomic E-state index is 0.506. The highest BCUT2D eigenvalue weighted by Crippen LogP contribution is 2.47. The Morgan fingerprint density at radius 3 is 2.77 bits per heavy atom. The predicted octanol–water partition coefficient (Wildman–Crippen LogP) is 3.78. The van der Waals surface area contributed by atoms with Crippen molar-refractivity contribution < 1.29 is 0 Å². The van der Waals surface area contributed by atoms with Gasteiger partial charge in [-0.15, -0.1) is 0 Å². The summed E-state index contributed by atoms with van der Waals surface area (Å²) in [7, 11) is 0. The quantitative estimate of drug-likeness (QED) is 0.651. The zero-order valence-electron chi connectivity index (χ0n) is 13.0. The maximum absolute atomic E-state index is 6.00. The molecule has 0 spiro atoms. The van der Waals surface area contributed by atoms with Gasteiger partial charge in [0.05, 0.1) is 0 Å². The molecule has 2 aromatic rings. The number of nitrogens with zero attached hydrogens (tertiary/aromatic N) is 1. The number of hydrogen-bond acceptors (Lipinski definition) is 1. The van der Waals surface area contributed by atoms with Crippen molar-refractivity contribution in [3.8, 4) is 0 Å². The molecule has 2 aromatic carbocycles. The van der Waals surface area contributed by atoms with Crippen molar-refractivity contribution >= 4 is 11.6 Å². The van der Waals surface area contributed by atoms with E-state index in [9.17, 15) is 0 Å². The molecule has 0 bridgehead atoms. The Kier molecular flexibility index (Phi) is 4.42. The van der Waals surface area contributed by atoms with Gasteiger partial charge in [-0.05, 0) is 47.9 Å². The van der Waals surface area contributed by atoms with Gasteiger partial charge in [-0.1, -0.05) is 49.4 Å². The van der Waals surface area contributed by atoms with Crippen molar-refractivity contribution in [2.45, 2.75) is 25.7 Å². The Hall–Kier alpha value is -2.29. The zero-order chi connectivity index (χ0) is 15.4. The van der Waals surface area contributed by atoms with Crippen LogP contribution in [0, 0.1) is 5.92 Å². The van der Waals surface area contributed by atoms with E-state index in [1.165, 1.54) is 17.5 Å². The molecule has 1 aliphatic carbocycles. The van der Waals surface area contributed by atoms with Gasteiger partial charge in [-0.25, -0.2) is 0 Å². The third kappa shape index (κ3) is 3.67. The van der Waals surface area contributed by atoms with Crippen molar-refractivity contribution in [3.05, 3.63) is 65.7 Å². The second-order valence-corrected chi connectivity index (χ2v) is 5.92. The summed E-state index contributed by atoms with van der Waals surface area (Å²) in [6, 6.07) is 19.0. The minimum absolute atomic E-state index is 0.506. The molecule has 1 saturated carbocycles. The predicted molar refractivity (Wildman–Crippen MR) is 93.2 cm³/mol. The highest BCUT2D eigenvalue weighted by Gasteiger charge is 2.37. The van der Waals surface area contributed by atoms with Gasteiger partial charge in [-0.3, -0.25) is 4.99 Å². The van der Waals surface area contributed by atoms with Gasteiger partial charge in [0.25, 0.3) is 0 Å². The van der Waals surface area contributed by atoms with Crippen molar-refractivity contribution in [3.63, 3.8) is 0 Å². The monoisotopic (exact) mass is 293 g/mol. The molecule has 1 fully saturated rings. The average Bonchev–Trinajstić information content (AvgIpc) is 3.34. The van der Waals surface area contributed by atoms with E-state index < -0.39 is 0 Å². The van der Waals surface area contributed by atoms with Gasteiger partial charge >= 0.3 is 0 Å². The third-order valence-electron chi connectivity index (χ3n) is 4.25. The lowest BCUT2D eigenvalue weighted by Gasteiger charge is -2.07. The van der Waals surface area contributed by atoms with Crippen LogP contribution in [0.1, 0.15) is 30.4 Å². The largest absolute Gasteiger partial charge is 0.370 e. The number of aliphatic imine (C=N–C) groups is 1. The maximum atomic E-state index is 6.00. The van der Waals surface area contributed by atoms with E-state index in [1.807, 2.05) is 12.1 Å². The number of anilines is 1. The van der Waals surface area contributed by atoms with E-state index >= 15 is 0 Å². The molecule has 1 aliphatic rings. The van der Waals surface area contributed by atoms with E-state index in [1.54, 1.807) is 0 Å². The van der Waals surface area contributed by atoms with E-state index in [0.29, 0.717) is 17.8 Å². The standard InChI is InChI=1S/C19H23N3/c1-2-14-7-6-10-17(11-14)22-19(20)21-13-16-12-18(16)15-8-4-3-5-9-15/h3-11,16,18H,2,12-13H2,1H3,(H3,20,21,22). The molecule has 22 heavy (non-hydrogen) atoms. The molecule has 0 heterocycles. The SMILES string of the molecule is CCc1cccc(NC(N)=NCC2CC2c2ccccc2)c1. The number of aryl methyl sites for hydroxylation is 1. The van der Waals surface area contributed by atoms with Gasteiger partial charge in [-0.2, -0.15) is 0 Å². The fourth-order valence-corrected chi connectivity index (χ4v) is 2.83. The van der Waals surface area contributed by atoms with Crippen molar-refractivity contribution in [2.24, 2.45) is 16.6 Å². The van der Waals surface area contributed by atoms with E-state index in [2.05, 4.69) is 59.7 Å². The van der Waals surface area contributed by atoms with Gasteiger partial charge in [0.15, 0.2) is 5.96 Å². The van der Waals surface area contributed by atoms with E-state index in [0.717, 1.165) is 18.7 Å². The normalized spacial score (nSPS) is 20.7. The molecule has 3 rings (SSSR count). The number of nitrogens with two attached hydrogens (primary N) is 1. The highest BCUT2D eigenvalue weighted by molar-refractivity contribution is 5.92. The van der Waals surface area contributed by atoms with Crippen LogP contribution in [0.5, 0.6) is 0 Å². The van der Waals surface area contributed by atoms with Crippen LogP contribution < -0.4 is 11.1 Å². The van der Waals surface area contributed by atoms with Crippen molar-refractivity contribution in [1.29, 1.82) is 0 Å². The summed E-state index contributed by atoms with van der Waals surface area (Å²) in [6.07, 6.45) is 2.24. The summed E-state index contributed by atoms with van der Waals surface area (Å²) >= 11 is 0. The zero-order valence-corrected chi connectivity index (χ0v) is 13.0. The fourth-order valence-electron chi connectivity index (χ4n) is 2.83. The molecule has 3 heteroatoms. The van der Waals surface area contributed by atoms with Crippen LogP contribution in [0.4, 0.5) is 5.69 Å². The van der Waals surface area contributed by atoms with Crippen LogP contribution in [0.3, 0.4) is 0 Å². The summed E-state index contributed by atoms with van der Waals surface area (Å²) < 4.78 is 0. The summed E-state index contributed by atoms with van der Waals surface area (Å²) in [5.41, 5.74) is 9.72. The number of nitrogens with one attached hydrogen (secondary N) is 1. The van der Waals surface area contributed by atoms with Crippen molar-refractivity contribution in [1.82, 2.24) is 0 Å². The number of rotatable bonds is 5. The average molecular weight is 293 g/mol. The summed E-state index contributed by atoms with van der Waals surface area (Å²) in [4.78, 5) is 4.50. The first-order chi connectivity index (χ1) is 10.8. The smallest absolute Gasteiger partial charge is 0.193 e. The minimum Gasteiger partial charge on any atom is -0.370 e. The lowest BCUT2D eigenvalue weighted by Crippen LogP contribution is -2.23. The Bertz CT molecular complexity index is 649. The molecule has 0 aromatic heterocycles. The molecule has 114 valence electrons. The Morgan fingerprint density at radius 2 is 2.00 bits per heavy atom. The summed E-state index contributed by atoms with van der Waals surface area (Å²) in [5.74, 6) is 1.79. The molecule has 0 amide bonds. The molecule has 0 radical (unpaired) electrons. The molecule has 0 aliphatic heterocycles. The first kappa shape index (κ1) is 14.6. The maximum Gasteiger partial charge on any atom is 0.193 e. The first-order valence-corrected chi connectivity index (χ1v) is 7.97. The van der Waals surface area contributed by atoms with Gasteiger partial charge < -0.3 is 11.1 Å².